The van der Waals surface area contributed by atoms with Gasteiger partial charge in [-0.15, -0.1) is 0 Å². The molecule has 0 unspecified atom stereocenters. The molecule has 0 aromatic carbocycles. The van der Waals surface area contributed by atoms with Crippen molar-refractivity contribution in [1.29, 1.82) is 0 Å². The van der Waals surface area contributed by atoms with Gasteiger partial charge in [0.15, 0.2) is 0 Å². The summed E-state index contributed by atoms with van der Waals surface area (Å²) in [5.41, 5.74) is 1.01. The molecule has 3 heteroatoms. The molecule has 82 valence electrons. The van der Waals surface area contributed by atoms with Crippen molar-refractivity contribution in [3.05, 3.63) is 30.1 Å². The number of hydrogen-bond acceptors (Lipinski definition) is 2. The maximum absolute atomic E-state index is 11.4. The van der Waals surface area contributed by atoms with Crippen LogP contribution in [0.5, 0.6) is 0 Å². The number of nitrogens with zero attached hydrogens (tertiary/aromatic N) is 1. The summed E-state index contributed by atoms with van der Waals surface area (Å²) in [5, 5.41) is 2.95. The molecular weight excluding hydrogens is 188 g/mol. The summed E-state index contributed by atoms with van der Waals surface area (Å²) >= 11 is 0. The van der Waals surface area contributed by atoms with Crippen molar-refractivity contribution >= 4 is 5.91 Å². The molecule has 0 aliphatic heterocycles. The Morgan fingerprint density at radius 3 is 2.67 bits per heavy atom. The Balaban J connectivity index is 2.43. The number of pyridine rings is 1. The lowest BCUT2D eigenvalue weighted by Gasteiger charge is -2.14. The van der Waals surface area contributed by atoms with E-state index in [0.29, 0.717) is 0 Å². The summed E-state index contributed by atoms with van der Waals surface area (Å²) in [4.78, 5) is 15.6. The monoisotopic (exact) mass is 206 g/mol. The molecule has 1 aromatic rings. The van der Waals surface area contributed by atoms with Crippen LogP contribution in [0.15, 0.2) is 24.4 Å². The van der Waals surface area contributed by atoms with E-state index in [-0.39, 0.29) is 17.9 Å². The van der Waals surface area contributed by atoms with E-state index in [1.807, 2.05) is 39.0 Å². The lowest BCUT2D eigenvalue weighted by Crippen LogP contribution is -2.36. The van der Waals surface area contributed by atoms with Crippen LogP contribution < -0.4 is 5.32 Å². The van der Waals surface area contributed by atoms with Crippen molar-refractivity contribution < 1.29 is 4.79 Å². The largest absolute Gasteiger partial charge is 0.353 e. The molecule has 0 radical (unpaired) electrons. The maximum Gasteiger partial charge on any atom is 0.222 e. The van der Waals surface area contributed by atoms with E-state index in [2.05, 4.69) is 10.3 Å². The standard InChI is InChI=1S/C12H18N2O/c1-9(2)12(15)14-10(3)8-11-6-4-5-7-13-11/h4-7,9-10H,8H2,1-3H3,(H,14,15)/t10-/m0/s1. The van der Waals surface area contributed by atoms with Crippen molar-refractivity contribution in [3.63, 3.8) is 0 Å². The predicted molar refractivity (Wildman–Crippen MR) is 60.4 cm³/mol. The molecule has 0 bridgehead atoms. The topological polar surface area (TPSA) is 42.0 Å². The smallest absolute Gasteiger partial charge is 0.222 e. The van der Waals surface area contributed by atoms with Gasteiger partial charge in [-0.2, -0.15) is 0 Å². The summed E-state index contributed by atoms with van der Waals surface area (Å²) in [5.74, 6) is 0.134. The van der Waals surface area contributed by atoms with Crippen molar-refractivity contribution in [2.75, 3.05) is 0 Å². The number of rotatable bonds is 4. The van der Waals surface area contributed by atoms with E-state index in [1.54, 1.807) is 6.20 Å². The fourth-order valence-electron chi connectivity index (χ4n) is 1.29. The molecule has 0 saturated heterocycles. The Bertz CT molecular complexity index is 309. The van der Waals surface area contributed by atoms with Crippen LogP contribution in [0.25, 0.3) is 0 Å². The zero-order valence-electron chi connectivity index (χ0n) is 9.53. The highest BCUT2D eigenvalue weighted by molar-refractivity contribution is 5.78. The Hall–Kier alpha value is -1.38. The molecule has 0 aliphatic rings. The quantitative estimate of drug-likeness (QED) is 0.816. The molecule has 3 nitrogen and oxygen atoms in total. The van der Waals surface area contributed by atoms with E-state index in [9.17, 15) is 4.79 Å². The molecule has 1 atom stereocenters. The van der Waals surface area contributed by atoms with Gasteiger partial charge in [0, 0.05) is 30.3 Å². The third-order valence-corrected chi connectivity index (χ3v) is 2.15. The molecular formula is C12H18N2O. The molecule has 0 fully saturated rings. The van der Waals surface area contributed by atoms with E-state index >= 15 is 0 Å². The van der Waals surface area contributed by atoms with E-state index in [0.717, 1.165) is 12.1 Å². The number of aromatic nitrogens is 1. The van der Waals surface area contributed by atoms with Crippen LogP contribution >= 0.6 is 0 Å². The van der Waals surface area contributed by atoms with Gasteiger partial charge >= 0.3 is 0 Å². The Labute approximate surface area is 90.9 Å². The van der Waals surface area contributed by atoms with E-state index in [1.165, 1.54) is 0 Å². The van der Waals surface area contributed by atoms with Gasteiger partial charge in [-0.1, -0.05) is 19.9 Å². The van der Waals surface area contributed by atoms with Gasteiger partial charge in [-0.25, -0.2) is 0 Å². The van der Waals surface area contributed by atoms with Crippen LogP contribution in [0.1, 0.15) is 26.5 Å². The fourth-order valence-corrected chi connectivity index (χ4v) is 1.29. The van der Waals surface area contributed by atoms with Crippen LogP contribution in [-0.2, 0) is 11.2 Å². The highest BCUT2D eigenvalue weighted by Crippen LogP contribution is 2.00. The molecule has 0 aliphatic carbocycles. The van der Waals surface area contributed by atoms with Gasteiger partial charge < -0.3 is 5.32 Å². The Kier molecular flexibility index (Phi) is 4.28. The fraction of sp³-hybridized carbons (Fsp3) is 0.500. The number of carbonyl (C=O) groups is 1. The molecule has 0 spiro atoms. The normalized spacial score (nSPS) is 12.5. The molecule has 1 aromatic heterocycles. The molecule has 0 saturated carbocycles. The highest BCUT2D eigenvalue weighted by Gasteiger charge is 2.11. The molecule has 1 N–H and O–H groups in total. The average molecular weight is 206 g/mol. The summed E-state index contributed by atoms with van der Waals surface area (Å²) in [7, 11) is 0. The summed E-state index contributed by atoms with van der Waals surface area (Å²) in [6, 6.07) is 5.95. The van der Waals surface area contributed by atoms with Gasteiger partial charge in [0.2, 0.25) is 5.91 Å². The molecule has 1 heterocycles. The first-order chi connectivity index (χ1) is 7.09. The van der Waals surface area contributed by atoms with Crippen LogP contribution in [-0.4, -0.2) is 16.9 Å². The number of carbonyl (C=O) groups excluding carboxylic acids is 1. The Morgan fingerprint density at radius 1 is 1.40 bits per heavy atom. The van der Waals surface area contributed by atoms with Gasteiger partial charge in [0.05, 0.1) is 0 Å². The van der Waals surface area contributed by atoms with Gasteiger partial charge in [-0.05, 0) is 19.1 Å². The summed E-state index contributed by atoms with van der Waals surface area (Å²) in [6.07, 6.45) is 2.55. The first-order valence-corrected chi connectivity index (χ1v) is 5.30. The van der Waals surface area contributed by atoms with Gasteiger partial charge in [0.1, 0.15) is 0 Å². The average Bonchev–Trinajstić information content (AvgIpc) is 2.18. The second-order valence-electron chi connectivity index (χ2n) is 4.09. The SMILES string of the molecule is CC(C)C(=O)N[C@@H](C)Cc1ccccn1. The van der Waals surface area contributed by atoms with Crippen LogP contribution in [0.2, 0.25) is 0 Å². The minimum atomic E-state index is 0.0381. The minimum Gasteiger partial charge on any atom is -0.353 e. The van der Waals surface area contributed by atoms with Gasteiger partial charge in [-0.3, -0.25) is 9.78 Å². The summed E-state index contributed by atoms with van der Waals surface area (Å²) in [6.45, 7) is 5.78. The summed E-state index contributed by atoms with van der Waals surface area (Å²) < 4.78 is 0. The molecule has 15 heavy (non-hydrogen) atoms. The van der Waals surface area contributed by atoms with Crippen molar-refractivity contribution in [3.8, 4) is 0 Å². The zero-order valence-corrected chi connectivity index (χ0v) is 9.53. The van der Waals surface area contributed by atoms with Crippen LogP contribution in [0, 0.1) is 5.92 Å². The van der Waals surface area contributed by atoms with E-state index < -0.39 is 0 Å². The second kappa shape index (κ2) is 5.49. The van der Waals surface area contributed by atoms with Crippen molar-refractivity contribution in [2.24, 2.45) is 5.92 Å². The van der Waals surface area contributed by atoms with Gasteiger partial charge in [0.25, 0.3) is 0 Å². The third-order valence-electron chi connectivity index (χ3n) is 2.15. The lowest BCUT2D eigenvalue weighted by atomic mass is 10.1. The number of hydrogen-bond donors (Lipinski definition) is 1. The van der Waals surface area contributed by atoms with Crippen molar-refractivity contribution in [1.82, 2.24) is 10.3 Å². The van der Waals surface area contributed by atoms with Crippen LogP contribution in [0.3, 0.4) is 0 Å². The molecule has 1 rings (SSSR count). The van der Waals surface area contributed by atoms with Crippen molar-refractivity contribution in [2.45, 2.75) is 33.2 Å². The second-order valence-corrected chi connectivity index (χ2v) is 4.09. The predicted octanol–water partition coefficient (Wildman–Crippen LogP) is 1.78. The highest BCUT2D eigenvalue weighted by atomic mass is 16.1. The Morgan fingerprint density at radius 2 is 2.13 bits per heavy atom. The van der Waals surface area contributed by atoms with Crippen LogP contribution in [0.4, 0.5) is 0 Å². The molecule has 1 amide bonds. The maximum atomic E-state index is 11.4. The lowest BCUT2D eigenvalue weighted by molar-refractivity contribution is -0.124. The minimum absolute atomic E-state index is 0.0381. The number of nitrogens with one attached hydrogen (secondary N) is 1. The zero-order chi connectivity index (χ0) is 11.3. The van der Waals surface area contributed by atoms with E-state index in [4.69, 9.17) is 0 Å². The third kappa shape index (κ3) is 4.11. The number of amides is 1. The first-order valence-electron chi connectivity index (χ1n) is 5.30. The first kappa shape index (κ1) is 11.7.